The van der Waals surface area contributed by atoms with Gasteiger partial charge in [0.2, 0.25) is 0 Å². The minimum atomic E-state index is -0.385. The Morgan fingerprint density at radius 2 is 1.83 bits per heavy atom. The van der Waals surface area contributed by atoms with Crippen molar-refractivity contribution in [3.63, 3.8) is 0 Å². The molecule has 6 rings (SSSR count). The van der Waals surface area contributed by atoms with Crippen molar-refractivity contribution in [2.75, 3.05) is 13.7 Å². The zero-order chi connectivity index (χ0) is 17.2. The standard InChI is InChI=1S/C21H32O3/c1-13-18(4)8-7-14-17(2,3)21(22-6)10-9-20(14,12-23-21)15(18)11-16-19(13,5)24-16/h14-16H,1,7-12H2,2-6H3/t14-,15-,16-,18-,19+,20+,21-/m0/s1. The van der Waals surface area contributed by atoms with Crippen molar-refractivity contribution >= 4 is 0 Å². The summed E-state index contributed by atoms with van der Waals surface area (Å²) in [4.78, 5) is 0. The molecule has 3 saturated heterocycles. The van der Waals surface area contributed by atoms with Crippen molar-refractivity contribution in [3.05, 3.63) is 12.2 Å². The molecule has 0 aromatic carbocycles. The summed E-state index contributed by atoms with van der Waals surface area (Å²) in [5.41, 5.74) is 1.84. The molecule has 2 bridgehead atoms. The number of hydrogen-bond donors (Lipinski definition) is 0. The number of ether oxygens (including phenoxy) is 3. The van der Waals surface area contributed by atoms with Crippen molar-refractivity contribution in [3.8, 4) is 0 Å². The van der Waals surface area contributed by atoms with Crippen molar-refractivity contribution in [2.24, 2.45) is 28.1 Å². The molecule has 0 aromatic heterocycles. The normalized spacial score (nSPS) is 60.2. The van der Waals surface area contributed by atoms with Gasteiger partial charge in [0, 0.05) is 24.4 Å². The highest BCUT2D eigenvalue weighted by Crippen LogP contribution is 2.75. The van der Waals surface area contributed by atoms with Crippen LogP contribution < -0.4 is 0 Å². The summed E-state index contributed by atoms with van der Waals surface area (Å²) in [5, 5.41) is 0. The molecule has 1 spiro atoms. The maximum Gasteiger partial charge on any atom is 0.173 e. The smallest absolute Gasteiger partial charge is 0.173 e. The number of methoxy groups -OCH3 is 1. The lowest BCUT2D eigenvalue weighted by Gasteiger charge is -2.72. The van der Waals surface area contributed by atoms with Crippen LogP contribution in [0.4, 0.5) is 0 Å². The van der Waals surface area contributed by atoms with E-state index in [1.165, 1.54) is 31.3 Å². The van der Waals surface area contributed by atoms with E-state index in [0.29, 0.717) is 17.9 Å². The van der Waals surface area contributed by atoms with Crippen molar-refractivity contribution in [2.45, 2.75) is 77.3 Å². The van der Waals surface area contributed by atoms with Crippen LogP contribution in [0.3, 0.4) is 0 Å². The fourth-order valence-corrected chi connectivity index (χ4v) is 7.84. The highest BCUT2D eigenvalue weighted by Gasteiger charge is 2.75. The van der Waals surface area contributed by atoms with Crippen LogP contribution in [0.2, 0.25) is 0 Å². The lowest BCUT2D eigenvalue weighted by Crippen LogP contribution is -2.72. The Kier molecular flexibility index (Phi) is 2.72. The molecule has 3 saturated carbocycles. The first kappa shape index (κ1) is 15.8. The fourth-order valence-electron chi connectivity index (χ4n) is 7.84. The van der Waals surface area contributed by atoms with Gasteiger partial charge in [-0.1, -0.05) is 27.4 Å². The maximum absolute atomic E-state index is 6.50. The summed E-state index contributed by atoms with van der Waals surface area (Å²) >= 11 is 0. The average molecular weight is 332 g/mol. The number of rotatable bonds is 1. The SMILES string of the molecule is C=C1[C@]2(C)CC[C@H]3C(C)(C)[C@]4(OC)CC[C@]3(CO4)[C@H]2C[C@@H]2O[C@]12C. The van der Waals surface area contributed by atoms with Crippen LogP contribution in [0.5, 0.6) is 0 Å². The Morgan fingerprint density at radius 3 is 2.46 bits per heavy atom. The molecule has 6 aliphatic rings. The van der Waals surface area contributed by atoms with E-state index >= 15 is 0 Å². The van der Waals surface area contributed by atoms with Gasteiger partial charge in [0.05, 0.1) is 12.7 Å². The minimum Gasteiger partial charge on any atom is -0.362 e. The molecule has 24 heavy (non-hydrogen) atoms. The van der Waals surface area contributed by atoms with Crippen molar-refractivity contribution in [1.82, 2.24) is 0 Å². The quantitative estimate of drug-likeness (QED) is 0.529. The molecule has 7 atom stereocenters. The van der Waals surface area contributed by atoms with Crippen LogP contribution in [0.15, 0.2) is 12.2 Å². The first-order valence-corrected chi connectivity index (χ1v) is 9.73. The second kappa shape index (κ2) is 4.13. The van der Waals surface area contributed by atoms with Gasteiger partial charge in [0.25, 0.3) is 0 Å². The van der Waals surface area contributed by atoms with Gasteiger partial charge < -0.3 is 14.2 Å². The zero-order valence-electron chi connectivity index (χ0n) is 15.9. The highest BCUT2D eigenvalue weighted by molar-refractivity contribution is 5.37. The van der Waals surface area contributed by atoms with Crippen LogP contribution in [-0.4, -0.2) is 31.2 Å². The van der Waals surface area contributed by atoms with Gasteiger partial charge in [-0.15, -0.1) is 0 Å². The second-order valence-corrected chi connectivity index (χ2v) is 10.2. The molecular formula is C21H32O3. The Morgan fingerprint density at radius 1 is 1.08 bits per heavy atom. The highest BCUT2D eigenvalue weighted by atomic mass is 16.7. The summed E-state index contributed by atoms with van der Waals surface area (Å²) in [6, 6.07) is 0. The van der Waals surface area contributed by atoms with E-state index in [2.05, 4.69) is 34.3 Å². The summed E-state index contributed by atoms with van der Waals surface area (Å²) in [5.74, 6) is 0.913. The van der Waals surface area contributed by atoms with Crippen LogP contribution >= 0.6 is 0 Å². The molecule has 0 aromatic rings. The Bertz CT molecular complexity index is 615. The number of fused-ring (bicyclic) bond motifs is 4. The van der Waals surface area contributed by atoms with Gasteiger partial charge in [0.15, 0.2) is 5.79 Å². The van der Waals surface area contributed by atoms with E-state index in [9.17, 15) is 0 Å². The third-order valence-corrected chi connectivity index (χ3v) is 9.47. The first-order chi connectivity index (χ1) is 11.2. The Labute approximate surface area is 146 Å². The minimum absolute atomic E-state index is 0.0509. The predicted molar refractivity (Wildman–Crippen MR) is 92.5 cm³/mol. The topological polar surface area (TPSA) is 31.0 Å². The third-order valence-electron chi connectivity index (χ3n) is 9.47. The third kappa shape index (κ3) is 1.41. The predicted octanol–water partition coefficient (Wildman–Crippen LogP) is 4.32. The average Bonchev–Trinajstić information content (AvgIpc) is 3.22. The molecule has 0 unspecified atom stereocenters. The summed E-state index contributed by atoms with van der Waals surface area (Å²) in [6.07, 6.45) is 6.31. The van der Waals surface area contributed by atoms with E-state index < -0.39 is 0 Å². The summed E-state index contributed by atoms with van der Waals surface area (Å²) < 4.78 is 18.6. The van der Waals surface area contributed by atoms with Crippen LogP contribution in [0, 0.1) is 28.1 Å². The summed E-state index contributed by atoms with van der Waals surface area (Å²) in [6.45, 7) is 14.9. The summed E-state index contributed by atoms with van der Waals surface area (Å²) in [7, 11) is 1.83. The van der Waals surface area contributed by atoms with Crippen molar-refractivity contribution < 1.29 is 14.2 Å². The fraction of sp³-hybridized carbons (Fsp3) is 0.905. The van der Waals surface area contributed by atoms with Crippen LogP contribution in [-0.2, 0) is 14.2 Å². The Hall–Kier alpha value is -0.380. The van der Waals surface area contributed by atoms with Crippen LogP contribution in [0.1, 0.15) is 59.8 Å². The Balaban J connectivity index is 1.61. The van der Waals surface area contributed by atoms with E-state index in [4.69, 9.17) is 14.2 Å². The molecule has 0 radical (unpaired) electrons. The lowest BCUT2D eigenvalue weighted by molar-refractivity contribution is -0.398. The molecule has 3 heterocycles. The van der Waals surface area contributed by atoms with Gasteiger partial charge in [-0.2, -0.15) is 0 Å². The number of hydrogen-bond acceptors (Lipinski definition) is 3. The largest absolute Gasteiger partial charge is 0.362 e. The van der Waals surface area contributed by atoms with Gasteiger partial charge >= 0.3 is 0 Å². The molecule has 3 aliphatic heterocycles. The maximum atomic E-state index is 6.50. The second-order valence-electron chi connectivity index (χ2n) is 10.2. The zero-order valence-corrected chi connectivity index (χ0v) is 15.9. The van der Waals surface area contributed by atoms with Gasteiger partial charge in [-0.25, -0.2) is 0 Å². The molecule has 3 aliphatic carbocycles. The van der Waals surface area contributed by atoms with Crippen LogP contribution in [0.25, 0.3) is 0 Å². The molecule has 0 amide bonds. The molecule has 3 heteroatoms. The molecule has 3 nitrogen and oxygen atoms in total. The molecular weight excluding hydrogens is 300 g/mol. The number of epoxide rings is 1. The first-order valence-electron chi connectivity index (χ1n) is 9.73. The van der Waals surface area contributed by atoms with Gasteiger partial charge in [-0.3, -0.25) is 0 Å². The molecule has 6 fully saturated rings. The van der Waals surface area contributed by atoms with Crippen molar-refractivity contribution in [1.29, 1.82) is 0 Å². The van der Waals surface area contributed by atoms with E-state index in [0.717, 1.165) is 13.0 Å². The monoisotopic (exact) mass is 332 g/mol. The van der Waals surface area contributed by atoms with E-state index in [1.807, 2.05) is 7.11 Å². The van der Waals surface area contributed by atoms with Gasteiger partial charge in [0.1, 0.15) is 5.60 Å². The molecule has 0 N–H and O–H groups in total. The lowest BCUT2D eigenvalue weighted by atomic mass is 9.37. The van der Waals surface area contributed by atoms with Gasteiger partial charge in [-0.05, 0) is 55.4 Å². The van der Waals surface area contributed by atoms with E-state index in [1.54, 1.807) is 0 Å². The molecule has 134 valence electrons. The van der Waals surface area contributed by atoms with E-state index in [-0.39, 0.29) is 27.6 Å².